The van der Waals surface area contributed by atoms with Crippen LogP contribution >= 0.6 is 0 Å². The van der Waals surface area contributed by atoms with Gasteiger partial charge in [-0.1, -0.05) is 12.1 Å². The number of ether oxygens (including phenoxy) is 2. The van der Waals surface area contributed by atoms with Gasteiger partial charge in [0.1, 0.15) is 11.5 Å². The molecule has 2 aliphatic heterocycles. The van der Waals surface area contributed by atoms with Crippen molar-refractivity contribution in [2.45, 2.75) is 44.6 Å². The molecule has 0 aliphatic carbocycles. The maximum Gasteiger partial charge on any atom is 0.257 e. The number of rotatable bonds is 5. The number of amides is 2. The lowest BCUT2D eigenvalue weighted by Crippen LogP contribution is -2.45. The van der Waals surface area contributed by atoms with E-state index in [0.29, 0.717) is 36.4 Å². The van der Waals surface area contributed by atoms with Crippen LogP contribution in [0, 0.1) is 0 Å². The minimum absolute atomic E-state index is 0.00346. The molecule has 1 saturated heterocycles. The van der Waals surface area contributed by atoms with Crippen LogP contribution in [-0.4, -0.2) is 43.0 Å². The average Bonchev–Trinajstić information content (AvgIpc) is 2.78. The second-order valence-electron chi connectivity index (χ2n) is 7.89. The van der Waals surface area contributed by atoms with E-state index in [9.17, 15) is 9.59 Å². The summed E-state index contributed by atoms with van der Waals surface area (Å²) in [4.78, 5) is 27.6. The molecule has 1 fully saturated rings. The number of hydrogen-bond acceptors (Lipinski definition) is 4. The normalized spacial score (nSPS) is 18.4. The average molecular weight is 408 g/mol. The van der Waals surface area contributed by atoms with Crippen molar-refractivity contribution in [3.05, 3.63) is 53.6 Å². The summed E-state index contributed by atoms with van der Waals surface area (Å²) in [6, 6.07) is 13.3. The van der Waals surface area contributed by atoms with Crippen LogP contribution in [0.4, 0.5) is 5.69 Å². The fourth-order valence-electron chi connectivity index (χ4n) is 4.20. The minimum atomic E-state index is -0.0826. The molecule has 0 saturated carbocycles. The first-order valence-electron chi connectivity index (χ1n) is 10.6. The lowest BCUT2D eigenvalue weighted by Gasteiger charge is -2.37. The maximum absolute atomic E-state index is 13.1. The lowest BCUT2D eigenvalue weighted by molar-refractivity contribution is -0.116. The van der Waals surface area contributed by atoms with Crippen LogP contribution in [0.25, 0.3) is 0 Å². The third kappa shape index (κ3) is 4.58. The number of hydrogen-bond donors (Lipinski definition) is 1. The topological polar surface area (TPSA) is 67.9 Å². The molecular weight excluding hydrogens is 380 g/mol. The van der Waals surface area contributed by atoms with Crippen LogP contribution in [0.3, 0.4) is 0 Å². The van der Waals surface area contributed by atoms with Gasteiger partial charge in [0.2, 0.25) is 5.91 Å². The Morgan fingerprint density at radius 1 is 1.17 bits per heavy atom. The Morgan fingerprint density at radius 2 is 2.00 bits per heavy atom. The van der Waals surface area contributed by atoms with Crippen molar-refractivity contribution in [2.75, 3.05) is 25.6 Å². The molecule has 30 heavy (non-hydrogen) atoms. The van der Waals surface area contributed by atoms with Gasteiger partial charge >= 0.3 is 0 Å². The number of benzene rings is 2. The van der Waals surface area contributed by atoms with Crippen molar-refractivity contribution < 1.29 is 19.1 Å². The summed E-state index contributed by atoms with van der Waals surface area (Å²) in [6.45, 7) is 1.40. The molecule has 2 aromatic rings. The number of carbonyl (C=O) groups is 2. The second kappa shape index (κ2) is 9.20. The number of piperidine rings is 1. The number of methoxy groups -OCH3 is 1. The van der Waals surface area contributed by atoms with E-state index in [1.54, 1.807) is 25.3 Å². The molecule has 4 rings (SSSR count). The van der Waals surface area contributed by atoms with Crippen LogP contribution < -0.4 is 14.8 Å². The standard InChI is InChI=1S/C24H28N2O4/c1-29-20-9-5-17(6-10-20)7-12-23(27)25-18-8-11-22-21(16-18)24(28)26-14-3-2-4-19(26)13-15-30-22/h5-6,8-11,16,19H,2-4,7,12-15H2,1H3,(H,25,27). The van der Waals surface area contributed by atoms with Gasteiger partial charge < -0.3 is 19.7 Å². The molecule has 6 nitrogen and oxygen atoms in total. The zero-order chi connectivity index (χ0) is 20.9. The zero-order valence-electron chi connectivity index (χ0n) is 17.4. The van der Waals surface area contributed by atoms with Gasteiger partial charge in [0.05, 0.1) is 19.3 Å². The summed E-state index contributed by atoms with van der Waals surface area (Å²) < 4.78 is 11.0. The van der Waals surface area contributed by atoms with E-state index in [2.05, 4.69) is 5.32 Å². The molecule has 2 amide bonds. The van der Waals surface area contributed by atoms with Crippen LogP contribution in [0.5, 0.6) is 11.5 Å². The largest absolute Gasteiger partial charge is 0.497 e. The van der Waals surface area contributed by atoms with E-state index in [4.69, 9.17) is 9.47 Å². The predicted molar refractivity (Wildman–Crippen MR) is 115 cm³/mol. The zero-order valence-corrected chi connectivity index (χ0v) is 17.4. The fraction of sp³-hybridized carbons (Fsp3) is 0.417. The number of nitrogens with one attached hydrogen (secondary N) is 1. The molecular formula is C24H28N2O4. The fourth-order valence-corrected chi connectivity index (χ4v) is 4.20. The summed E-state index contributed by atoms with van der Waals surface area (Å²) >= 11 is 0. The number of aryl methyl sites for hydroxylation is 1. The maximum atomic E-state index is 13.1. The molecule has 6 heteroatoms. The van der Waals surface area contributed by atoms with Gasteiger partial charge in [0.25, 0.3) is 5.91 Å². The Kier molecular flexibility index (Phi) is 6.21. The monoisotopic (exact) mass is 408 g/mol. The van der Waals surface area contributed by atoms with Gasteiger partial charge in [-0.05, 0) is 61.6 Å². The van der Waals surface area contributed by atoms with E-state index in [0.717, 1.165) is 43.5 Å². The molecule has 0 radical (unpaired) electrons. The molecule has 1 N–H and O–H groups in total. The predicted octanol–water partition coefficient (Wildman–Crippen LogP) is 4.04. The number of fused-ring (bicyclic) bond motifs is 2. The summed E-state index contributed by atoms with van der Waals surface area (Å²) in [5.74, 6) is 1.32. The van der Waals surface area contributed by atoms with Gasteiger partial charge in [0.15, 0.2) is 0 Å². The van der Waals surface area contributed by atoms with Gasteiger partial charge in [-0.25, -0.2) is 0 Å². The van der Waals surface area contributed by atoms with Crippen LogP contribution in [0.2, 0.25) is 0 Å². The summed E-state index contributed by atoms with van der Waals surface area (Å²) in [7, 11) is 1.63. The van der Waals surface area contributed by atoms with Crippen molar-refractivity contribution >= 4 is 17.5 Å². The molecule has 1 atom stereocenters. The molecule has 158 valence electrons. The molecule has 0 aromatic heterocycles. The van der Waals surface area contributed by atoms with Crippen molar-refractivity contribution in [3.63, 3.8) is 0 Å². The molecule has 2 aliphatic rings. The molecule has 1 unspecified atom stereocenters. The minimum Gasteiger partial charge on any atom is -0.497 e. The van der Waals surface area contributed by atoms with Gasteiger partial charge in [-0.15, -0.1) is 0 Å². The Balaban J connectivity index is 1.42. The van der Waals surface area contributed by atoms with Gasteiger partial charge in [0, 0.05) is 31.1 Å². The molecule has 2 heterocycles. The first kappa shape index (κ1) is 20.3. The first-order chi connectivity index (χ1) is 14.6. The SMILES string of the molecule is COc1ccc(CCC(=O)Nc2ccc3c(c2)C(=O)N2CCCCC2CCO3)cc1. The highest BCUT2D eigenvalue weighted by Gasteiger charge is 2.31. The van der Waals surface area contributed by atoms with Crippen molar-refractivity contribution in [1.29, 1.82) is 0 Å². The Morgan fingerprint density at radius 3 is 2.80 bits per heavy atom. The number of anilines is 1. The molecule has 0 spiro atoms. The van der Waals surface area contributed by atoms with E-state index in [-0.39, 0.29) is 17.9 Å². The van der Waals surface area contributed by atoms with Crippen LogP contribution in [0.15, 0.2) is 42.5 Å². The Hall–Kier alpha value is -3.02. The highest BCUT2D eigenvalue weighted by atomic mass is 16.5. The number of nitrogens with zero attached hydrogens (tertiary/aromatic N) is 1. The Labute approximate surface area is 177 Å². The summed E-state index contributed by atoms with van der Waals surface area (Å²) in [5.41, 5.74) is 2.23. The van der Waals surface area contributed by atoms with Crippen LogP contribution in [-0.2, 0) is 11.2 Å². The Bertz CT molecular complexity index is 910. The quantitative estimate of drug-likeness (QED) is 0.811. The van der Waals surface area contributed by atoms with Crippen molar-refractivity contribution in [2.24, 2.45) is 0 Å². The smallest absolute Gasteiger partial charge is 0.257 e. The van der Waals surface area contributed by atoms with E-state index >= 15 is 0 Å². The van der Waals surface area contributed by atoms with Crippen LogP contribution in [0.1, 0.15) is 48.0 Å². The highest BCUT2D eigenvalue weighted by molar-refractivity contribution is 5.99. The number of carbonyl (C=O) groups excluding carboxylic acids is 2. The van der Waals surface area contributed by atoms with E-state index < -0.39 is 0 Å². The highest BCUT2D eigenvalue weighted by Crippen LogP contribution is 2.31. The second-order valence-corrected chi connectivity index (χ2v) is 7.89. The summed E-state index contributed by atoms with van der Waals surface area (Å²) in [6.07, 6.45) is 5.10. The van der Waals surface area contributed by atoms with E-state index in [1.165, 1.54) is 0 Å². The lowest BCUT2D eigenvalue weighted by atomic mass is 9.97. The third-order valence-electron chi connectivity index (χ3n) is 5.89. The van der Waals surface area contributed by atoms with E-state index in [1.807, 2.05) is 29.2 Å². The third-order valence-corrected chi connectivity index (χ3v) is 5.89. The molecule has 2 aromatic carbocycles. The molecule has 0 bridgehead atoms. The van der Waals surface area contributed by atoms with Crippen molar-refractivity contribution in [3.8, 4) is 11.5 Å². The van der Waals surface area contributed by atoms with Crippen molar-refractivity contribution in [1.82, 2.24) is 4.90 Å². The van der Waals surface area contributed by atoms with Gasteiger partial charge in [-0.2, -0.15) is 0 Å². The summed E-state index contributed by atoms with van der Waals surface area (Å²) in [5, 5.41) is 2.92. The van der Waals surface area contributed by atoms with Gasteiger partial charge in [-0.3, -0.25) is 9.59 Å². The first-order valence-corrected chi connectivity index (χ1v) is 10.6.